The van der Waals surface area contributed by atoms with Gasteiger partial charge in [-0.2, -0.15) is 0 Å². The quantitative estimate of drug-likeness (QED) is 0.806. The van der Waals surface area contributed by atoms with E-state index in [1.54, 1.807) is 12.1 Å². The highest BCUT2D eigenvalue weighted by Crippen LogP contribution is 2.34. The number of para-hydroxylation sites is 1. The molecule has 1 aromatic carbocycles. The van der Waals surface area contributed by atoms with E-state index < -0.39 is 5.97 Å². The Balaban J connectivity index is 2.21. The number of carbonyl (C=O) groups is 1. The van der Waals surface area contributed by atoms with E-state index in [9.17, 15) is 4.79 Å². The SMILES string of the molecule is CCOCCN1CCOc2c(C(=O)O)cccc21. The van der Waals surface area contributed by atoms with E-state index in [-0.39, 0.29) is 5.56 Å². The van der Waals surface area contributed by atoms with Crippen LogP contribution in [0.3, 0.4) is 0 Å². The Labute approximate surface area is 106 Å². The molecular weight excluding hydrogens is 234 g/mol. The Morgan fingerprint density at radius 1 is 1.56 bits per heavy atom. The number of fused-ring (bicyclic) bond motifs is 1. The number of hydrogen-bond acceptors (Lipinski definition) is 4. The second-order valence-electron chi connectivity index (χ2n) is 3.99. The van der Waals surface area contributed by atoms with Crippen LogP contribution < -0.4 is 9.64 Å². The summed E-state index contributed by atoms with van der Waals surface area (Å²) in [5.74, 6) is -0.494. The van der Waals surface area contributed by atoms with Gasteiger partial charge >= 0.3 is 5.97 Å². The summed E-state index contributed by atoms with van der Waals surface area (Å²) < 4.78 is 10.8. The number of benzene rings is 1. The van der Waals surface area contributed by atoms with Gasteiger partial charge in [0.05, 0.1) is 18.8 Å². The maximum atomic E-state index is 11.1. The molecular formula is C13H17NO4. The normalized spacial score (nSPS) is 13.9. The van der Waals surface area contributed by atoms with Crippen LogP contribution in [0.15, 0.2) is 18.2 Å². The fraction of sp³-hybridized carbons (Fsp3) is 0.462. The molecule has 1 heterocycles. The molecule has 1 aliphatic heterocycles. The molecule has 0 spiro atoms. The maximum absolute atomic E-state index is 11.1. The van der Waals surface area contributed by atoms with Gasteiger partial charge < -0.3 is 19.5 Å². The summed E-state index contributed by atoms with van der Waals surface area (Å²) in [5, 5.41) is 9.12. The Bertz CT molecular complexity index is 433. The molecule has 0 aliphatic carbocycles. The van der Waals surface area contributed by atoms with Crippen molar-refractivity contribution in [3.63, 3.8) is 0 Å². The average Bonchev–Trinajstić information content (AvgIpc) is 2.38. The summed E-state index contributed by atoms with van der Waals surface area (Å²) in [5.41, 5.74) is 1.05. The van der Waals surface area contributed by atoms with Crippen molar-refractivity contribution in [1.82, 2.24) is 0 Å². The summed E-state index contributed by atoms with van der Waals surface area (Å²) in [6.45, 7) is 5.27. The van der Waals surface area contributed by atoms with Gasteiger partial charge in [-0.25, -0.2) is 4.79 Å². The van der Waals surface area contributed by atoms with Crippen molar-refractivity contribution < 1.29 is 19.4 Å². The maximum Gasteiger partial charge on any atom is 0.339 e. The number of carboxylic acid groups (broad SMARTS) is 1. The van der Waals surface area contributed by atoms with Crippen molar-refractivity contribution in [1.29, 1.82) is 0 Å². The zero-order valence-electron chi connectivity index (χ0n) is 10.4. The molecule has 5 heteroatoms. The lowest BCUT2D eigenvalue weighted by atomic mass is 10.1. The van der Waals surface area contributed by atoms with Gasteiger partial charge in [-0.05, 0) is 19.1 Å². The highest BCUT2D eigenvalue weighted by Gasteiger charge is 2.23. The number of ether oxygens (including phenoxy) is 2. The highest BCUT2D eigenvalue weighted by molar-refractivity contribution is 5.93. The summed E-state index contributed by atoms with van der Waals surface area (Å²) in [7, 11) is 0. The molecule has 1 aromatic rings. The molecule has 1 aliphatic rings. The first-order valence-corrected chi connectivity index (χ1v) is 6.06. The van der Waals surface area contributed by atoms with Crippen molar-refractivity contribution in [2.75, 3.05) is 37.8 Å². The minimum Gasteiger partial charge on any atom is -0.489 e. The fourth-order valence-corrected chi connectivity index (χ4v) is 2.02. The van der Waals surface area contributed by atoms with Crippen molar-refractivity contribution >= 4 is 11.7 Å². The molecule has 1 N–H and O–H groups in total. The van der Waals surface area contributed by atoms with E-state index in [4.69, 9.17) is 14.6 Å². The average molecular weight is 251 g/mol. The molecule has 0 radical (unpaired) electrons. The van der Waals surface area contributed by atoms with Crippen molar-refractivity contribution in [2.24, 2.45) is 0 Å². The van der Waals surface area contributed by atoms with Gasteiger partial charge in [0.25, 0.3) is 0 Å². The molecule has 0 bridgehead atoms. The number of aromatic carboxylic acids is 1. The van der Waals surface area contributed by atoms with Crippen molar-refractivity contribution in [2.45, 2.75) is 6.92 Å². The van der Waals surface area contributed by atoms with E-state index in [0.29, 0.717) is 25.6 Å². The molecule has 0 saturated heterocycles. The van der Waals surface area contributed by atoms with Crippen LogP contribution in [-0.4, -0.2) is 44.0 Å². The first-order chi connectivity index (χ1) is 8.74. The fourth-order valence-electron chi connectivity index (χ4n) is 2.02. The van der Waals surface area contributed by atoms with Crippen molar-refractivity contribution in [3.8, 4) is 5.75 Å². The lowest BCUT2D eigenvalue weighted by Crippen LogP contribution is -2.35. The lowest BCUT2D eigenvalue weighted by molar-refractivity contribution is 0.0692. The predicted molar refractivity (Wildman–Crippen MR) is 67.6 cm³/mol. The molecule has 0 amide bonds. The molecule has 0 unspecified atom stereocenters. The van der Waals surface area contributed by atoms with Crippen molar-refractivity contribution in [3.05, 3.63) is 23.8 Å². The first-order valence-electron chi connectivity index (χ1n) is 6.06. The van der Waals surface area contributed by atoms with Crippen LogP contribution in [0.1, 0.15) is 17.3 Å². The summed E-state index contributed by atoms with van der Waals surface area (Å²) >= 11 is 0. The van der Waals surface area contributed by atoms with Gasteiger partial charge in [0.1, 0.15) is 12.2 Å². The Morgan fingerprint density at radius 3 is 3.11 bits per heavy atom. The van der Waals surface area contributed by atoms with Crippen LogP contribution in [-0.2, 0) is 4.74 Å². The molecule has 0 fully saturated rings. The zero-order valence-corrected chi connectivity index (χ0v) is 10.4. The second-order valence-corrected chi connectivity index (χ2v) is 3.99. The number of anilines is 1. The van der Waals surface area contributed by atoms with E-state index in [0.717, 1.165) is 18.8 Å². The van der Waals surface area contributed by atoms with Gasteiger partial charge in [0.2, 0.25) is 0 Å². The molecule has 0 saturated carbocycles. The number of nitrogens with zero attached hydrogens (tertiary/aromatic N) is 1. The minimum absolute atomic E-state index is 0.216. The molecule has 98 valence electrons. The summed E-state index contributed by atoms with van der Waals surface area (Å²) in [4.78, 5) is 13.2. The second kappa shape index (κ2) is 5.73. The van der Waals surface area contributed by atoms with E-state index in [1.807, 2.05) is 13.0 Å². The molecule has 5 nitrogen and oxygen atoms in total. The predicted octanol–water partition coefficient (Wildman–Crippen LogP) is 1.62. The van der Waals surface area contributed by atoms with Crippen LogP contribution >= 0.6 is 0 Å². The lowest BCUT2D eigenvalue weighted by Gasteiger charge is -2.31. The smallest absolute Gasteiger partial charge is 0.339 e. The molecule has 18 heavy (non-hydrogen) atoms. The Morgan fingerprint density at radius 2 is 2.39 bits per heavy atom. The van der Waals surface area contributed by atoms with Crippen LogP contribution in [0, 0.1) is 0 Å². The van der Waals surface area contributed by atoms with Crippen LogP contribution in [0.5, 0.6) is 5.75 Å². The summed E-state index contributed by atoms with van der Waals surface area (Å²) in [6.07, 6.45) is 0. The third kappa shape index (κ3) is 2.56. The number of hydrogen-bond donors (Lipinski definition) is 1. The van der Waals surface area contributed by atoms with E-state index in [2.05, 4.69) is 4.90 Å². The van der Waals surface area contributed by atoms with Crippen LogP contribution in [0.4, 0.5) is 5.69 Å². The van der Waals surface area contributed by atoms with Gasteiger partial charge in [0.15, 0.2) is 5.75 Å². The number of carboxylic acids is 1. The third-order valence-electron chi connectivity index (χ3n) is 2.88. The minimum atomic E-state index is -0.960. The van der Waals surface area contributed by atoms with E-state index >= 15 is 0 Å². The Hall–Kier alpha value is -1.75. The standard InChI is InChI=1S/C13H17NO4/c1-2-17-8-6-14-7-9-18-12-10(13(15)16)4-3-5-11(12)14/h3-5H,2,6-9H2,1H3,(H,15,16). The van der Waals surface area contributed by atoms with Gasteiger partial charge in [0, 0.05) is 13.2 Å². The van der Waals surface area contributed by atoms with E-state index in [1.165, 1.54) is 0 Å². The third-order valence-corrected chi connectivity index (χ3v) is 2.88. The van der Waals surface area contributed by atoms with Gasteiger partial charge in [-0.1, -0.05) is 6.07 Å². The highest BCUT2D eigenvalue weighted by atomic mass is 16.5. The summed E-state index contributed by atoms with van der Waals surface area (Å²) in [6, 6.07) is 5.19. The largest absolute Gasteiger partial charge is 0.489 e. The monoisotopic (exact) mass is 251 g/mol. The van der Waals surface area contributed by atoms with Crippen LogP contribution in [0.25, 0.3) is 0 Å². The molecule has 2 rings (SSSR count). The van der Waals surface area contributed by atoms with Gasteiger partial charge in [-0.15, -0.1) is 0 Å². The zero-order chi connectivity index (χ0) is 13.0. The molecule has 0 atom stereocenters. The van der Waals surface area contributed by atoms with Gasteiger partial charge in [-0.3, -0.25) is 0 Å². The Kier molecular flexibility index (Phi) is 4.04. The molecule has 0 aromatic heterocycles. The van der Waals surface area contributed by atoms with Crippen LogP contribution in [0.2, 0.25) is 0 Å². The topological polar surface area (TPSA) is 59.0 Å². The first kappa shape index (κ1) is 12.7. The number of rotatable bonds is 5.